The molecule has 1 N–H and O–H groups in total. The number of hydrogen-bond acceptors (Lipinski definition) is 4. The van der Waals surface area contributed by atoms with Gasteiger partial charge in [-0.05, 0) is 12.1 Å². The Hall–Kier alpha value is -2.48. The van der Waals surface area contributed by atoms with Crippen LogP contribution >= 0.6 is 0 Å². The highest BCUT2D eigenvalue weighted by Crippen LogP contribution is 2.33. The maximum absolute atomic E-state index is 11.7. The van der Waals surface area contributed by atoms with E-state index in [-0.39, 0.29) is 17.4 Å². The first kappa shape index (κ1) is 11.0. The first-order chi connectivity index (χ1) is 8.13. The van der Waals surface area contributed by atoms with Crippen molar-refractivity contribution in [3.63, 3.8) is 0 Å². The van der Waals surface area contributed by atoms with Gasteiger partial charge in [-0.1, -0.05) is 12.1 Å². The molecule has 1 aliphatic heterocycles. The Bertz CT molecular complexity index is 514. The fourth-order valence-electron chi connectivity index (χ4n) is 1.45. The fourth-order valence-corrected chi connectivity index (χ4v) is 1.45. The van der Waals surface area contributed by atoms with Crippen LogP contribution in [-0.4, -0.2) is 24.9 Å². The van der Waals surface area contributed by atoms with E-state index in [1.807, 2.05) is 24.3 Å². The third-order valence-corrected chi connectivity index (χ3v) is 2.31. The number of carbonyl (C=O) groups is 1. The minimum absolute atomic E-state index is 0.0359. The lowest BCUT2D eigenvalue weighted by Crippen LogP contribution is -2.25. The second kappa shape index (κ2) is 4.18. The van der Waals surface area contributed by atoms with E-state index >= 15 is 0 Å². The first-order valence-electron chi connectivity index (χ1n) is 5.03. The van der Waals surface area contributed by atoms with Crippen LogP contribution in [0.2, 0.25) is 0 Å². The van der Waals surface area contributed by atoms with E-state index in [2.05, 4.69) is 5.32 Å². The number of amides is 1. The second-order valence-corrected chi connectivity index (χ2v) is 3.74. The topological polar surface area (TPSA) is 65.4 Å². The summed E-state index contributed by atoms with van der Waals surface area (Å²) in [6.45, 7) is 0. The van der Waals surface area contributed by atoms with Crippen molar-refractivity contribution in [2.75, 3.05) is 19.4 Å². The molecule has 0 fully saturated rings. The van der Waals surface area contributed by atoms with Gasteiger partial charge in [-0.25, -0.2) is 0 Å². The zero-order chi connectivity index (χ0) is 12.4. The molecule has 86 valence electrons. The number of para-hydroxylation sites is 2. The normalized spacial score (nSPS) is 15.1. The molecule has 0 unspecified atom stereocenters. The maximum Gasteiger partial charge on any atom is 0.269 e. The third kappa shape index (κ3) is 1.93. The predicted molar refractivity (Wildman–Crippen MR) is 62.0 cm³/mol. The third-order valence-electron chi connectivity index (χ3n) is 2.31. The van der Waals surface area contributed by atoms with Gasteiger partial charge in [0.1, 0.15) is 6.07 Å². The van der Waals surface area contributed by atoms with Crippen LogP contribution < -0.4 is 10.1 Å². The summed E-state index contributed by atoms with van der Waals surface area (Å²) in [7, 11) is 3.17. The van der Waals surface area contributed by atoms with E-state index < -0.39 is 0 Å². The standard InChI is InChI=1S/C12H11N3O2/c1-15(2)12(16)8(7-13)11-14-9-5-3-4-6-10(9)17-11/h3-6,14H,1-2H3/b11-8+. The van der Waals surface area contributed by atoms with Crippen molar-refractivity contribution in [2.24, 2.45) is 0 Å². The van der Waals surface area contributed by atoms with E-state index in [4.69, 9.17) is 10.00 Å². The van der Waals surface area contributed by atoms with Crippen molar-refractivity contribution >= 4 is 11.6 Å². The molecule has 0 saturated heterocycles. The highest BCUT2D eigenvalue weighted by molar-refractivity contribution is 5.98. The summed E-state index contributed by atoms with van der Waals surface area (Å²) < 4.78 is 5.43. The molecule has 0 radical (unpaired) electrons. The van der Waals surface area contributed by atoms with Crippen molar-refractivity contribution in [1.29, 1.82) is 5.26 Å². The van der Waals surface area contributed by atoms with Crippen LogP contribution in [0.15, 0.2) is 35.7 Å². The lowest BCUT2D eigenvalue weighted by molar-refractivity contribution is -0.124. The largest absolute Gasteiger partial charge is 0.437 e. The molecule has 2 rings (SSSR count). The summed E-state index contributed by atoms with van der Waals surface area (Å²) in [5.74, 6) is 0.414. The molecule has 0 bridgehead atoms. The van der Waals surface area contributed by atoms with Gasteiger partial charge in [0.25, 0.3) is 5.91 Å². The Kier molecular flexibility index (Phi) is 2.71. The van der Waals surface area contributed by atoms with Crippen molar-refractivity contribution in [2.45, 2.75) is 0 Å². The van der Waals surface area contributed by atoms with Gasteiger partial charge in [0, 0.05) is 14.1 Å². The van der Waals surface area contributed by atoms with E-state index in [9.17, 15) is 4.79 Å². The molecule has 1 aliphatic rings. The van der Waals surface area contributed by atoms with E-state index in [1.165, 1.54) is 4.90 Å². The van der Waals surface area contributed by atoms with Gasteiger partial charge in [-0.3, -0.25) is 4.79 Å². The van der Waals surface area contributed by atoms with Crippen molar-refractivity contribution < 1.29 is 9.53 Å². The number of ether oxygens (including phenoxy) is 1. The van der Waals surface area contributed by atoms with E-state index in [1.54, 1.807) is 20.2 Å². The predicted octanol–water partition coefficient (Wildman–Crippen LogP) is 1.31. The molecule has 1 aromatic carbocycles. The lowest BCUT2D eigenvalue weighted by atomic mass is 10.2. The zero-order valence-corrected chi connectivity index (χ0v) is 9.52. The molecule has 0 saturated carbocycles. The number of benzene rings is 1. The maximum atomic E-state index is 11.7. The van der Waals surface area contributed by atoms with Gasteiger partial charge >= 0.3 is 0 Å². The van der Waals surface area contributed by atoms with E-state index in [0.29, 0.717) is 5.75 Å². The van der Waals surface area contributed by atoms with Crippen molar-refractivity contribution in [3.05, 3.63) is 35.7 Å². The van der Waals surface area contributed by atoms with Crippen molar-refractivity contribution in [1.82, 2.24) is 4.90 Å². The lowest BCUT2D eigenvalue weighted by Gasteiger charge is -2.10. The number of hydrogen-bond donors (Lipinski definition) is 1. The monoisotopic (exact) mass is 229 g/mol. The van der Waals surface area contributed by atoms with Crippen molar-refractivity contribution in [3.8, 4) is 11.8 Å². The van der Waals surface area contributed by atoms with Crippen LogP contribution in [0.25, 0.3) is 0 Å². The summed E-state index contributed by atoms with van der Waals surface area (Å²) >= 11 is 0. The molecule has 1 amide bonds. The quantitative estimate of drug-likeness (QED) is 0.582. The molecule has 0 spiro atoms. The van der Waals surface area contributed by atoms with Crippen LogP contribution in [-0.2, 0) is 4.79 Å². The van der Waals surface area contributed by atoms with Crippen LogP contribution in [0.5, 0.6) is 5.75 Å². The van der Waals surface area contributed by atoms with Gasteiger partial charge < -0.3 is 15.0 Å². The average Bonchev–Trinajstić information content (AvgIpc) is 2.72. The van der Waals surface area contributed by atoms with Crippen LogP contribution in [0.1, 0.15) is 0 Å². The Balaban J connectivity index is 2.37. The molecule has 0 aromatic heterocycles. The molecule has 1 aromatic rings. The average molecular weight is 229 g/mol. The number of likely N-dealkylation sites (N-methyl/N-ethyl adjacent to an activating group) is 1. The summed E-state index contributed by atoms with van der Waals surface area (Å²) in [5.41, 5.74) is 0.716. The highest BCUT2D eigenvalue weighted by Gasteiger charge is 2.24. The SMILES string of the molecule is CN(C)C(=O)/C(C#N)=C1\Nc2ccccc2O1. The molecular weight excluding hydrogens is 218 g/mol. The van der Waals surface area contributed by atoms with E-state index in [0.717, 1.165) is 5.69 Å². The van der Waals surface area contributed by atoms with Gasteiger partial charge in [-0.2, -0.15) is 5.26 Å². The van der Waals surface area contributed by atoms with Gasteiger partial charge in [0.15, 0.2) is 11.3 Å². The number of nitrogens with zero attached hydrogens (tertiary/aromatic N) is 2. The summed E-state index contributed by atoms with van der Waals surface area (Å²) in [4.78, 5) is 13.1. The number of rotatable bonds is 1. The van der Waals surface area contributed by atoms with Gasteiger partial charge in [0.05, 0.1) is 5.69 Å². The zero-order valence-electron chi connectivity index (χ0n) is 9.52. The molecule has 17 heavy (non-hydrogen) atoms. The fraction of sp³-hybridized carbons (Fsp3) is 0.167. The number of carbonyl (C=O) groups excluding carboxylic acids is 1. The number of nitriles is 1. The second-order valence-electron chi connectivity index (χ2n) is 3.74. The minimum Gasteiger partial charge on any atom is -0.437 e. The summed E-state index contributed by atoms with van der Waals surface area (Å²) in [6, 6.07) is 9.11. The number of nitrogens with one attached hydrogen (secondary N) is 1. The molecule has 5 heteroatoms. The minimum atomic E-state index is -0.386. The number of fused-ring (bicyclic) bond motifs is 1. The first-order valence-corrected chi connectivity index (χ1v) is 5.03. The summed E-state index contributed by atoms with van der Waals surface area (Å²) in [5, 5.41) is 11.9. The Morgan fingerprint density at radius 3 is 2.71 bits per heavy atom. The molecular formula is C12H11N3O2. The molecule has 0 aliphatic carbocycles. The number of anilines is 1. The Morgan fingerprint density at radius 2 is 2.12 bits per heavy atom. The van der Waals surface area contributed by atoms with Crippen LogP contribution in [0, 0.1) is 11.3 Å². The molecule has 0 atom stereocenters. The van der Waals surface area contributed by atoms with Gasteiger partial charge in [-0.15, -0.1) is 0 Å². The van der Waals surface area contributed by atoms with Crippen LogP contribution in [0.4, 0.5) is 5.69 Å². The van der Waals surface area contributed by atoms with Gasteiger partial charge in [0.2, 0.25) is 5.88 Å². The Morgan fingerprint density at radius 1 is 1.41 bits per heavy atom. The molecule has 5 nitrogen and oxygen atoms in total. The highest BCUT2D eigenvalue weighted by atomic mass is 16.5. The summed E-state index contributed by atoms with van der Waals surface area (Å²) in [6.07, 6.45) is 0. The van der Waals surface area contributed by atoms with Crippen LogP contribution in [0.3, 0.4) is 0 Å². The molecule has 1 heterocycles. The smallest absolute Gasteiger partial charge is 0.269 e. The Labute approximate surface area is 98.9 Å².